The van der Waals surface area contributed by atoms with Gasteiger partial charge in [-0.25, -0.2) is 4.57 Å². The van der Waals surface area contributed by atoms with Crippen molar-refractivity contribution in [2.24, 2.45) is 4.76 Å². The number of phenols is 1. The summed E-state index contributed by atoms with van der Waals surface area (Å²) in [6.07, 6.45) is 2.79. The van der Waals surface area contributed by atoms with Gasteiger partial charge in [-0.15, -0.1) is 4.76 Å². The molecule has 0 spiro atoms. The highest BCUT2D eigenvalue weighted by atomic mass is 79.9. The van der Waals surface area contributed by atoms with Crippen LogP contribution in [0.25, 0.3) is 0 Å². The standard InChI is InChI=1S/C40H37BrN3O6P/c41-36-24-38-37(47-27-48-38)21-31(36)26-44-39(42-51(46,49-33-9-3-1-4-10-33)50-34-11-5-2-6-12-34)22-30-17-18-32(45)23-35(30)40(44)29-15-13-28(14-16-29)25-43-19-7-8-20-43/h1-6,9-18,21,23-24,40,45H,7-8,19-20,22,25-27H2/b42-39-. The predicted octanol–water partition coefficient (Wildman–Crippen LogP) is 9.29. The molecule has 1 N–H and O–H groups in total. The highest BCUT2D eigenvalue weighted by Crippen LogP contribution is 2.52. The van der Waals surface area contributed by atoms with Crippen molar-refractivity contribution in [2.45, 2.75) is 38.4 Å². The van der Waals surface area contributed by atoms with Crippen LogP contribution in [0.2, 0.25) is 0 Å². The lowest BCUT2D eigenvalue weighted by atomic mass is 9.86. The molecular formula is C40H37BrN3O6P. The maximum absolute atomic E-state index is 14.9. The van der Waals surface area contributed by atoms with Crippen LogP contribution < -0.4 is 18.5 Å². The number of hydrogen-bond acceptors (Lipinski definition) is 7. The molecule has 3 heterocycles. The normalized spacial score (nSPS) is 17.8. The van der Waals surface area contributed by atoms with Crippen molar-refractivity contribution in [3.63, 3.8) is 0 Å². The Morgan fingerprint density at radius 2 is 1.45 bits per heavy atom. The maximum Gasteiger partial charge on any atom is 0.564 e. The second-order valence-corrected chi connectivity index (χ2v) is 15.3. The fourth-order valence-electron chi connectivity index (χ4n) is 6.92. The molecule has 0 aliphatic carbocycles. The second-order valence-electron chi connectivity index (χ2n) is 12.9. The van der Waals surface area contributed by atoms with Gasteiger partial charge in [0.15, 0.2) is 11.5 Å². The van der Waals surface area contributed by atoms with E-state index in [9.17, 15) is 9.67 Å². The van der Waals surface area contributed by atoms with Crippen molar-refractivity contribution in [1.29, 1.82) is 0 Å². The van der Waals surface area contributed by atoms with Crippen molar-refractivity contribution in [3.05, 3.63) is 148 Å². The van der Waals surface area contributed by atoms with Gasteiger partial charge >= 0.3 is 7.75 Å². The van der Waals surface area contributed by atoms with Crippen molar-refractivity contribution in [3.8, 4) is 28.7 Å². The summed E-state index contributed by atoms with van der Waals surface area (Å²) in [4.78, 5) is 4.60. The van der Waals surface area contributed by atoms with Crippen LogP contribution in [0.1, 0.15) is 46.7 Å². The van der Waals surface area contributed by atoms with Crippen LogP contribution in [0.5, 0.6) is 28.7 Å². The van der Waals surface area contributed by atoms with Crippen LogP contribution in [0.15, 0.2) is 124 Å². The number of rotatable bonds is 10. The summed E-state index contributed by atoms with van der Waals surface area (Å²) < 4.78 is 44.4. The minimum Gasteiger partial charge on any atom is -0.508 e. The first-order valence-corrected chi connectivity index (χ1v) is 19.3. The average molecular weight is 767 g/mol. The lowest BCUT2D eigenvalue weighted by Crippen LogP contribution is -2.40. The largest absolute Gasteiger partial charge is 0.564 e. The van der Waals surface area contributed by atoms with Gasteiger partial charge in [-0.2, -0.15) is 0 Å². The Bertz CT molecular complexity index is 2050. The summed E-state index contributed by atoms with van der Waals surface area (Å²) in [6, 6.07) is 35.4. The molecule has 3 aliphatic rings. The van der Waals surface area contributed by atoms with E-state index in [0.717, 1.165) is 46.4 Å². The van der Waals surface area contributed by atoms with Crippen LogP contribution in [0.3, 0.4) is 0 Å². The Hall–Kier alpha value is -4.76. The number of hydrogen-bond donors (Lipinski definition) is 1. The van der Waals surface area contributed by atoms with E-state index in [4.69, 9.17) is 23.3 Å². The van der Waals surface area contributed by atoms with E-state index in [2.05, 4.69) is 50.0 Å². The van der Waals surface area contributed by atoms with Gasteiger partial charge in [0.2, 0.25) is 6.79 Å². The number of nitrogens with zero attached hydrogens (tertiary/aromatic N) is 3. The summed E-state index contributed by atoms with van der Waals surface area (Å²) in [6.45, 7) is 3.63. The first-order valence-electron chi connectivity index (χ1n) is 17.1. The fourth-order valence-corrected chi connectivity index (χ4v) is 8.73. The molecule has 5 aromatic rings. The molecule has 260 valence electrons. The summed E-state index contributed by atoms with van der Waals surface area (Å²) >= 11 is 3.77. The number of halogens is 1. The minimum absolute atomic E-state index is 0.150. The van der Waals surface area contributed by atoms with Crippen molar-refractivity contribution in [1.82, 2.24) is 9.80 Å². The van der Waals surface area contributed by atoms with Crippen LogP contribution in [0.4, 0.5) is 0 Å². The molecule has 0 amide bonds. The molecule has 0 saturated carbocycles. The number of ether oxygens (including phenoxy) is 2. The van der Waals surface area contributed by atoms with E-state index >= 15 is 0 Å². The molecule has 1 atom stereocenters. The number of phenolic OH excluding ortho intramolecular Hbond substituents is 1. The molecule has 8 rings (SSSR count). The lowest BCUT2D eigenvalue weighted by Gasteiger charge is -2.40. The molecular weight excluding hydrogens is 729 g/mol. The number of fused-ring (bicyclic) bond motifs is 2. The number of para-hydroxylation sites is 2. The Morgan fingerprint density at radius 3 is 2.12 bits per heavy atom. The van der Waals surface area contributed by atoms with Gasteiger partial charge in [-0.1, -0.05) is 82.7 Å². The van der Waals surface area contributed by atoms with Crippen LogP contribution in [-0.4, -0.2) is 40.6 Å². The molecule has 1 fully saturated rings. The minimum atomic E-state index is -4.23. The summed E-state index contributed by atoms with van der Waals surface area (Å²) in [7, 11) is -4.23. The summed E-state index contributed by atoms with van der Waals surface area (Å²) in [5, 5.41) is 10.8. The molecule has 0 radical (unpaired) electrons. The Morgan fingerprint density at radius 1 is 0.804 bits per heavy atom. The Labute approximate surface area is 305 Å². The number of likely N-dealkylation sites (tertiary alicyclic amines) is 1. The first kappa shape index (κ1) is 33.4. The van der Waals surface area contributed by atoms with Gasteiger partial charge < -0.3 is 28.5 Å². The highest BCUT2D eigenvalue weighted by molar-refractivity contribution is 9.10. The number of aromatic hydroxyl groups is 1. The Kier molecular flexibility index (Phi) is 9.47. The first-order chi connectivity index (χ1) is 24.9. The molecule has 9 nitrogen and oxygen atoms in total. The monoisotopic (exact) mass is 765 g/mol. The Balaban J connectivity index is 1.26. The fraction of sp³-hybridized carbons (Fsp3) is 0.225. The number of benzene rings is 5. The average Bonchev–Trinajstić information content (AvgIpc) is 3.82. The zero-order chi connectivity index (χ0) is 34.8. The molecule has 0 aromatic heterocycles. The molecule has 51 heavy (non-hydrogen) atoms. The highest BCUT2D eigenvalue weighted by Gasteiger charge is 2.38. The predicted molar refractivity (Wildman–Crippen MR) is 200 cm³/mol. The molecule has 1 unspecified atom stereocenters. The summed E-state index contributed by atoms with van der Waals surface area (Å²) in [5.74, 6) is 2.74. The lowest BCUT2D eigenvalue weighted by molar-refractivity contribution is 0.174. The molecule has 5 aromatic carbocycles. The van der Waals surface area contributed by atoms with Gasteiger partial charge in [0, 0.05) is 24.0 Å². The van der Waals surface area contributed by atoms with Gasteiger partial charge in [0.05, 0.1) is 6.04 Å². The van der Waals surface area contributed by atoms with Gasteiger partial charge in [-0.05, 0) is 102 Å². The van der Waals surface area contributed by atoms with E-state index in [1.165, 1.54) is 18.4 Å². The van der Waals surface area contributed by atoms with Gasteiger partial charge in [0.1, 0.15) is 23.1 Å². The van der Waals surface area contributed by atoms with E-state index in [1.807, 2.05) is 60.7 Å². The van der Waals surface area contributed by atoms with Crippen LogP contribution in [0, 0.1) is 0 Å². The molecule has 11 heteroatoms. The smallest absolute Gasteiger partial charge is 0.508 e. The third-order valence-corrected chi connectivity index (χ3v) is 11.5. The molecule has 1 saturated heterocycles. The zero-order valence-electron chi connectivity index (χ0n) is 27.9. The van der Waals surface area contributed by atoms with Crippen molar-refractivity contribution >= 4 is 29.5 Å². The van der Waals surface area contributed by atoms with E-state index in [0.29, 0.717) is 41.8 Å². The van der Waals surface area contributed by atoms with Crippen LogP contribution >= 0.6 is 23.7 Å². The van der Waals surface area contributed by atoms with Gasteiger partial charge in [0.25, 0.3) is 0 Å². The van der Waals surface area contributed by atoms with E-state index in [-0.39, 0.29) is 12.5 Å². The second kappa shape index (κ2) is 14.5. The SMILES string of the molecule is O=P(/N=C1/Cc2ccc(O)cc2C(c2ccc(CN3CCCC3)cc2)N1Cc1cc2c(cc1Br)OCO2)(Oc1ccccc1)Oc1ccccc1. The molecule has 0 bridgehead atoms. The third kappa shape index (κ3) is 7.49. The topological polar surface area (TPSA) is 93.1 Å². The van der Waals surface area contributed by atoms with Crippen LogP contribution in [-0.2, 0) is 24.1 Å². The van der Waals surface area contributed by atoms with Crippen molar-refractivity contribution < 1.29 is 28.2 Å². The maximum atomic E-state index is 14.9. The number of amidine groups is 1. The third-order valence-electron chi connectivity index (χ3n) is 9.36. The van der Waals surface area contributed by atoms with E-state index < -0.39 is 13.8 Å². The zero-order valence-corrected chi connectivity index (χ0v) is 30.3. The molecule has 3 aliphatic heterocycles. The summed E-state index contributed by atoms with van der Waals surface area (Å²) in [5.41, 5.74) is 5.03. The van der Waals surface area contributed by atoms with E-state index in [1.54, 1.807) is 30.3 Å². The van der Waals surface area contributed by atoms with Crippen molar-refractivity contribution in [2.75, 3.05) is 19.9 Å². The quantitative estimate of drug-likeness (QED) is 0.141. The van der Waals surface area contributed by atoms with Gasteiger partial charge in [-0.3, -0.25) is 4.90 Å².